The van der Waals surface area contributed by atoms with E-state index in [9.17, 15) is 0 Å². The minimum Gasteiger partial charge on any atom is -0.378 e. The molecule has 0 radical (unpaired) electrons. The van der Waals surface area contributed by atoms with Crippen molar-refractivity contribution >= 4 is 0 Å². The van der Waals surface area contributed by atoms with Gasteiger partial charge in [-0.1, -0.05) is 31.2 Å². The first-order valence-corrected chi connectivity index (χ1v) is 7.29. The van der Waals surface area contributed by atoms with E-state index in [1.54, 1.807) is 0 Å². The van der Waals surface area contributed by atoms with Crippen molar-refractivity contribution in [2.45, 2.75) is 51.7 Å². The smallest absolute Gasteiger partial charge is 0.0576 e. The zero-order valence-corrected chi connectivity index (χ0v) is 11.5. The van der Waals surface area contributed by atoms with E-state index in [0.29, 0.717) is 6.10 Å². The summed E-state index contributed by atoms with van der Waals surface area (Å²) in [6, 6.07) is 8.71. The molecule has 0 amide bonds. The van der Waals surface area contributed by atoms with E-state index in [0.717, 1.165) is 26.1 Å². The molecule has 1 unspecified atom stereocenters. The maximum atomic E-state index is 5.63. The maximum Gasteiger partial charge on any atom is 0.0576 e. The molecule has 1 N–H and O–H groups in total. The third-order valence-corrected chi connectivity index (χ3v) is 3.72. The van der Waals surface area contributed by atoms with E-state index in [4.69, 9.17) is 4.74 Å². The summed E-state index contributed by atoms with van der Waals surface area (Å²) in [4.78, 5) is 0. The Morgan fingerprint density at radius 1 is 1.28 bits per heavy atom. The molecule has 18 heavy (non-hydrogen) atoms. The predicted octanol–water partition coefficient (Wildman–Crippen LogP) is 3.30. The van der Waals surface area contributed by atoms with Gasteiger partial charge >= 0.3 is 0 Å². The fraction of sp³-hybridized carbons (Fsp3) is 0.625. The second kappa shape index (κ2) is 7.55. The summed E-state index contributed by atoms with van der Waals surface area (Å²) in [5, 5.41) is 3.54. The molecule has 1 aliphatic heterocycles. The molecule has 1 aromatic carbocycles. The van der Waals surface area contributed by atoms with Crippen molar-refractivity contribution in [1.82, 2.24) is 5.32 Å². The zero-order valence-electron chi connectivity index (χ0n) is 11.5. The van der Waals surface area contributed by atoms with Crippen LogP contribution in [-0.4, -0.2) is 19.3 Å². The van der Waals surface area contributed by atoms with Gasteiger partial charge in [0.2, 0.25) is 0 Å². The standard InChI is InChI=1S/C16H25NO/c1-2-14-7-3-4-8-15(14)13-17-11-5-9-16-10-6-12-18-16/h3-4,7-8,16-17H,2,5-6,9-13H2,1H3. The van der Waals surface area contributed by atoms with Crippen molar-refractivity contribution in [1.29, 1.82) is 0 Å². The molecule has 100 valence electrons. The molecule has 1 aliphatic rings. The highest BCUT2D eigenvalue weighted by atomic mass is 16.5. The average molecular weight is 247 g/mol. The van der Waals surface area contributed by atoms with Crippen LogP contribution < -0.4 is 5.32 Å². The summed E-state index contributed by atoms with van der Waals surface area (Å²) in [6.07, 6.45) is 6.60. The number of benzene rings is 1. The molecule has 1 atom stereocenters. The van der Waals surface area contributed by atoms with E-state index >= 15 is 0 Å². The molecule has 1 aromatic rings. The average Bonchev–Trinajstić information content (AvgIpc) is 2.92. The van der Waals surface area contributed by atoms with Crippen LogP contribution >= 0.6 is 0 Å². The number of nitrogens with one attached hydrogen (secondary N) is 1. The first-order valence-electron chi connectivity index (χ1n) is 7.29. The van der Waals surface area contributed by atoms with Crippen LogP contribution in [0.25, 0.3) is 0 Å². The van der Waals surface area contributed by atoms with Gasteiger partial charge in [0.25, 0.3) is 0 Å². The molecule has 2 nitrogen and oxygen atoms in total. The summed E-state index contributed by atoms with van der Waals surface area (Å²) < 4.78 is 5.63. The highest BCUT2D eigenvalue weighted by Crippen LogP contribution is 2.16. The third-order valence-electron chi connectivity index (χ3n) is 3.72. The monoisotopic (exact) mass is 247 g/mol. The number of hydrogen-bond donors (Lipinski definition) is 1. The topological polar surface area (TPSA) is 21.3 Å². The highest BCUT2D eigenvalue weighted by Gasteiger charge is 2.14. The van der Waals surface area contributed by atoms with Crippen LogP contribution in [0.5, 0.6) is 0 Å². The lowest BCUT2D eigenvalue weighted by molar-refractivity contribution is 0.102. The molecule has 0 aromatic heterocycles. The Balaban J connectivity index is 1.62. The van der Waals surface area contributed by atoms with Gasteiger partial charge in [0.1, 0.15) is 0 Å². The fourth-order valence-electron chi connectivity index (χ4n) is 2.62. The van der Waals surface area contributed by atoms with Crippen molar-refractivity contribution in [2.24, 2.45) is 0 Å². The first kappa shape index (κ1) is 13.6. The second-order valence-corrected chi connectivity index (χ2v) is 5.08. The number of ether oxygens (including phenoxy) is 1. The normalized spacial score (nSPS) is 19.3. The van der Waals surface area contributed by atoms with Gasteiger partial charge in [0.05, 0.1) is 6.10 Å². The fourth-order valence-corrected chi connectivity index (χ4v) is 2.62. The van der Waals surface area contributed by atoms with E-state index in [1.807, 2.05) is 0 Å². The van der Waals surface area contributed by atoms with Gasteiger partial charge in [-0.3, -0.25) is 0 Å². The summed E-state index contributed by atoms with van der Waals surface area (Å²) >= 11 is 0. The van der Waals surface area contributed by atoms with Crippen LogP contribution in [0.3, 0.4) is 0 Å². The van der Waals surface area contributed by atoms with Gasteiger partial charge in [-0.05, 0) is 49.8 Å². The molecule has 0 saturated carbocycles. The van der Waals surface area contributed by atoms with E-state index in [2.05, 4.69) is 36.5 Å². The van der Waals surface area contributed by atoms with Gasteiger partial charge in [-0.25, -0.2) is 0 Å². The molecule has 0 bridgehead atoms. The Morgan fingerprint density at radius 3 is 2.83 bits per heavy atom. The van der Waals surface area contributed by atoms with Crippen LogP contribution in [0.4, 0.5) is 0 Å². The zero-order chi connectivity index (χ0) is 12.6. The van der Waals surface area contributed by atoms with Crippen molar-refractivity contribution in [3.8, 4) is 0 Å². The minimum absolute atomic E-state index is 0.537. The molecule has 1 fully saturated rings. The first-order chi connectivity index (χ1) is 8.90. The van der Waals surface area contributed by atoms with Gasteiger partial charge in [0.15, 0.2) is 0 Å². The molecule has 0 spiro atoms. The highest BCUT2D eigenvalue weighted by molar-refractivity contribution is 5.26. The molecular formula is C16H25NO. The molecule has 2 rings (SSSR count). The lowest BCUT2D eigenvalue weighted by Crippen LogP contribution is -2.17. The van der Waals surface area contributed by atoms with Crippen LogP contribution in [0, 0.1) is 0 Å². The van der Waals surface area contributed by atoms with Gasteiger partial charge < -0.3 is 10.1 Å². The number of aryl methyl sites for hydroxylation is 1. The number of rotatable bonds is 7. The van der Waals surface area contributed by atoms with Crippen molar-refractivity contribution in [2.75, 3.05) is 13.2 Å². The van der Waals surface area contributed by atoms with E-state index in [-0.39, 0.29) is 0 Å². The van der Waals surface area contributed by atoms with Crippen LogP contribution in [0.15, 0.2) is 24.3 Å². The summed E-state index contributed by atoms with van der Waals surface area (Å²) in [5.74, 6) is 0. The van der Waals surface area contributed by atoms with Crippen LogP contribution in [0.2, 0.25) is 0 Å². The minimum atomic E-state index is 0.537. The second-order valence-electron chi connectivity index (χ2n) is 5.08. The Kier molecular flexibility index (Phi) is 5.69. The van der Waals surface area contributed by atoms with Crippen molar-refractivity contribution in [3.63, 3.8) is 0 Å². The SMILES string of the molecule is CCc1ccccc1CNCCCC1CCCO1. The van der Waals surface area contributed by atoms with Crippen molar-refractivity contribution < 1.29 is 4.74 Å². The molecular weight excluding hydrogens is 222 g/mol. The lowest BCUT2D eigenvalue weighted by Gasteiger charge is -2.11. The van der Waals surface area contributed by atoms with E-state index < -0.39 is 0 Å². The van der Waals surface area contributed by atoms with E-state index in [1.165, 1.54) is 36.8 Å². The quantitative estimate of drug-likeness (QED) is 0.746. The van der Waals surface area contributed by atoms with Crippen LogP contribution in [0.1, 0.15) is 43.7 Å². The van der Waals surface area contributed by atoms with Crippen molar-refractivity contribution in [3.05, 3.63) is 35.4 Å². The van der Waals surface area contributed by atoms with Crippen LogP contribution in [-0.2, 0) is 17.7 Å². The lowest BCUT2D eigenvalue weighted by atomic mass is 10.1. The van der Waals surface area contributed by atoms with Gasteiger partial charge in [-0.2, -0.15) is 0 Å². The third kappa shape index (κ3) is 4.11. The predicted molar refractivity (Wildman–Crippen MR) is 75.7 cm³/mol. The van der Waals surface area contributed by atoms with Gasteiger partial charge in [-0.15, -0.1) is 0 Å². The Bertz CT molecular complexity index is 345. The Hall–Kier alpha value is -0.860. The molecule has 1 saturated heterocycles. The van der Waals surface area contributed by atoms with Gasteiger partial charge in [0, 0.05) is 13.2 Å². The molecule has 2 heteroatoms. The summed E-state index contributed by atoms with van der Waals surface area (Å²) in [5.41, 5.74) is 2.90. The maximum absolute atomic E-state index is 5.63. The molecule has 0 aliphatic carbocycles. The summed E-state index contributed by atoms with van der Waals surface area (Å²) in [6.45, 7) is 5.28. The molecule has 1 heterocycles. The number of hydrogen-bond acceptors (Lipinski definition) is 2. The largest absolute Gasteiger partial charge is 0.378 e. The Morgan fingerprint density at radius 2 is 2.11 bits per heavy atom. The Labute approximate surface area is 111 Å². The summed E-state index contributed by atoms with van der Waals surface area (Å²) in [7, 11) is 0.